The van der Waals surface area contributed by atoms with Gasteiger partial charge in [0.1, 0.15) is 12.0 Å². The maximum absolute atomic E-state index is 12.6. The summed E-state index contributed by atoms with van der Waals surface area (Å²) in [6.07, 6.45) is -3.66. The number of halogens is 3. The zero-order valence-electron chi connectivity index (χ0n) is 8.67. The summed E-state index contributed by atoms with van der Waals surface area (Å²) in [5, 5.41) is 0. The molecule has 1 aromatic carbocycles. The molecule has 0 aromatic heterocycles. The van der Waals surface area contributed by atoms with Crippen molar-refractivity contribution in [1.29, 1.82) is 0 Å². The standard InChI is InChI=1S/C11H11F3O2/c1-16-9-5-4-8(3-2-6-15)10(7-9)11(12,13)14/h4-7H,2-3H2,1H3. The molecule has 0 radical (unpaired) electrons. The van der Waals surface area contributed by atoms with Crippen molar-refractivity contribution in [3.8, 4) is 5.75 Å². The first-order valence-corrected chi connectivity index (χ1v) is 4.66. The molecular formula is C11H11F3O2. The van der Waals surface area contributed by atoms with Crippen molar-refractivity contribution in [1.82, 2.24) is 0 Å². The predicted octanol–water partition coefficient (Wildman–Crippen LogP) is 2.85. The molecule has 0 aliphatic heterocycles. The highest BCUT2D eigenvalue weighted by atomic mass is 19.4. The van der Waals surface area contributed by atoms with Gasteiger partial charge in [-0.1, -0.05) is 6.07 Å². The number of hydrogen-bond donors (Lipinski definition) is 0. The Kier molecular flexibility index (Phi) is 3.93. The van der Waals surface area contributed by atoms with E-state index in [0.29, 0.717) is 6.29 Å². The van der Waals surface area contributed by atoms with Gasteiger partial charge in [-0.2, -0.15) is 13.2 Å². The molecule has 2 nitrogen and oxygen atoms in total. The molecule has 0 saturated carbocycles. The van der Waals surface area contributed by atoms with E-state index in [4.69, 9.17) is 4.74 Å². The second kappa shape index (κ2) is 5.01. The summed E-state index contributed by atoms with van der Waals surface area (Å²) in [6, 6.07) is 3.74. The van der Waals surface area contributed by atoms with Crippen LogP contribution in [0, 0.1) is 0 Å². The number of hydrogen-bond acceptors (Lipinski definition) is 2. The first-order valence-electron chi connectivity index (χ1n) is 4.66. The number of aldehydes is 1. The highest BCUT2D eigenvalue weighted by Gasteiger charge is 2.33. The smallest absolute Gasteiger partial charge is 0.416 e. The zero-order chi connectivity index (χ0) is 12.2. The molecular weight excluding hydrogens is 221 g/mol. The average molecular weight is 232 g/mol. The predicted molar refractivity (Wildman–Crippen MR) is 52.4 cm³/mol. The number of ether oxygens (including phenoxy) is 1. The quantitative estimate of drug-likeness (QED) is 0.746. The number of rotatable bonds is 4. The molecule has 0 saturated heterocycles. The monoisotopic (exact) mass is 232 g/mol. The molecule has 0 unspecified atom stereocenters. The lowest BCUT2D eigenvalue weighted by Gasteiger charge is -2.13. The molecule has 0 bridgehead atoms. The van der Waals surface area contributed by atoms with Crippen LogP contribution >= 0.6 is 0 Å². The molecule has 88 valence electrons. The van der Waals surface area contributed by atoms with E-state index < -0.39 is 11.7 Å². The Morgan fingerprint density at radius 3 is 2.56 bits per heavy atom. The van der Waals surface area contributed by atoms with E-state index in [1.807, 2.05) is 0 Å². The third kappa shape index (κ3) is 2.98. The molecule has 0 atom stereocenters. The second-order valence-electron chi connectivity index (χ2n) is 3.23. The van der Waals surface area contributed by atoms with Gasteiger partial charge in [0, 0.05) is 6.42 Å². The van der Waals surface area contributed by atoms with Crippen LogP contribution in [0.4, 0.5) is 13.2 Å². The van der Waals surface area contributed by atoms with Crippen LogP contribution in [-0.4, -0.2) is 13.4 Å². The van der Waals surface area contributed by atoms with E-state index in [9.17, 15) is 18.0 Å². The van der Waals surface area contributed by atoms with E-state index in [1.54, 1.807) is 0 Å². The number of carbonyl (C=O) groups excluding carboxylic acids is 1. The lowest BCUT2D eigenvalue weighted by Crippen LogP contribution is -2.09. The van der Waals surface area contributed by atoms with Crippen LogP contribution in [0.1, 0.15) is 17.5 Å². The summed E-state index contributed by atoms with van der Waals surface area (Å²) in [7, 11) is 1.31. The minimum Gasteiger partial charge on any atom is -0.497 e. The van der Waals surface area contributed by atoms with E-state index >= 15 is 0 Å². The van der Waals surface area contributed by atoms with Gasteiger partial charge < -0.3 is 9.53 Å². The van der Waals surface area contributed by atoms with E-state index in [-0.39, 0.29) is 24.2 Å². The first-order chi connectivity index (χ1) is 7.49. The summed E-state index contributed by atoms with van der Waals surface area (Å²) in [5.41, 5.74) is -0.630. The van der Waals surface area contributed by atoms with E-state index in [0.717, 1.165) is 6.07 Å². The number of alkyl halides is 3. The molecule has 0 spiro atoms. The summed E-state index contributed by atoms with van der Waals surface area (Å²) in [4.78, 5) is 10.2. The number of aryl methyl sites for hydroxylation is 1. The van der Waals surface area contributed by atoms with Gasteiger partial charge in [0.15, 0.2) is 0 Å². The van der Waals surface area contributed by atoms with E-state index in [1.165, 1.54) is 19.2 Å². The van der Waals surface area contributed by atoms with Crippen molar-refractivity contribution in [3.63, 3.8) is 0 Å². The van der Waals surface area contributed by atoms with Gasteiger partial charge in [-0.25, -0.2) is 0 Å². The fourth-order valence-electron chi connectivity index (χ4n) is 1.38. The Bertz CT molecular complexity index is 372. The summed E-state index contributed by atoms with van der Waals surface area (Å²) in [5.74, 6) is 0.155. The Hall–Kier alpha value is -1.52. The fraction of sp³-hybridized carbons (Fsp3) is 0.364. The number of benzene rings is 1. The molecule has 0 aliphatic rings. The van der Waals surface area contributed by atoms with Gasteiger partial charge in [0.25, 0.3) is 0 Å². The molecule has 0 amide bonds. The Balaban J connectivity index is 3.11. The van der Waals surface area contributed by atoms with Gasteiger partial charge in [-0.15, -0.1) is 0 Å². The Labute approximate surface area is 91.0 Å². The van der Waals surface area contributed by atoms with Crippen LogP contribution in [0.5, 0.6) is 5.75 Å². The zero-order valence-corrected chi connectivity index (χ0v) is 8.67. The van der Waals surface area contributed by atoms with Crippen molar-refractivity contribution < 1.29 is 22.7 Å². The molecule has 5 heteroatoms. The SMILES string of the molecule is COc1ccc(CCC=O)c(C(F)(F)F)c1. The maximum Gasteiger partial charge on any atom is 0.416 e. The van der Waals surface area contributed by atoms with Crippen molar-refractivity contribution in [2.45, 2.75) is 19.0 Å². The lowest BCUT2D eigenvalue weighted by molar-refractivity contribution is -0.138. The van der Waals surface area contributed by atoms with Crippen molar-refractivity contribution in [2.75, 3.05) is 7.11 Å². The van der Waals surface area contributed by atoms with Crippen LogP contribution in [0.2, 0.25) is 0 Å². The number of methoxy groups -OCH3 is 1. The topological polar surface area (TPSA) is 26.3 Å². The average Bonchev–Trinajstić information content (AvgIpc) is 2.25. The van der Waals surface area contributed by atoms with Crippen LogP contribution in [0.3, 0.4) is 0 Å². The van der Waals surface area contributed by atoms with Gasteiger partial charge >= 0.3 is 6.18 Å². The van der Waals surface area contributed by atoms with Crippen molar-refractivity contribution in [3.05, 3.63) is 29.3 Å². The summed E-state index contributed by atoms with van der Waals surface area (Å²) >= 11 is 0. The molecule has 16 heavy (non-hydrogen) atoms. The van der Waals surface area contributed by atoms with E-state index in [2.05, 4.69) is 0 Å². The minimum absolute atomic E-state index is 0.0788. The Morgan fingerprint density at radius 2 is 2.06 bits per heavy atom. The van der Waals surface area contributed by atoms with Gasteiger partial charge in [0.2, 0.25) is 0 Å². The van der Waals surface area contributed by atoms with Gasteiger partial charge in [0.05, 0.1) is 12.7 Å². The van der Waals surface area contributed by atoms with Gasteiger partial charge in [-0.3, -0.25) is 0 Å². The molecule has 1 rings (SSSR count). The van der Waals surface area contributed by atoms with Gasteiger partial charge in [-0.05, 0) is 24.1 Å². The summed E-state index contributed by atoms with van der Waals surface area (Å²) < 4.78 is 42.7. The molecule has 1 aromatic rings. The van der Waals surface area contributed by atoms with Crippen LogP contribution < -0.4 is 4.74 Å². The second-order valence-corrected chi connectivity index (χ2v) is 3.23. The third-order valence-corrected chi connectivity index (χ3v) is 2.15. The summed E-state index contributed by atoms with van der Waals surface area (Å²) in [6.45, 7) is 0. The fourth-order valence-corrected chi connectivity index (χ4v) is 1.38. The first kappa shape index (κ1) is 12.5. The molecule has 0 aliphatic carbocycles. The molecule has 0 heterocycles. The Morgan fingerprint density at radius 1 is 1.38 bits per heavy atom. The van der Waals surface area contributed by atoms with Crippen molar-refractivity contribution in [2.24, 2.45) is 0 Å². The highest BCUT2D eigenvalue weighted by molar-refractivity contribution is 5.51. The maximum atomic E-state index is 12.6. The van der Waals surface area contributed by atoms with Crippen LogP contribution in [-0.2, 0) is 17.4 Å². The highest BCUT2D eigenvalue weighted by Crippen LogP contribution is 2.34. The normalized spacial score (nSPS) is 11.2. The molecule has 0 fully saturated rings. The minimum atomic E-state index is -4.42. The van der Waals surface area contributed by atoms with Crippen LogP contribution in [0.15, 0.2) is 18.2 Å². The van der Waals surface area contributed by atoms with Crippen molar-refractivity contribution >= 4 is 6.29 Å². The molecule has 0 N–H and O–H groups in total. The number of carbonyl (C=O) groups is 1. The van der Waals surface area contributed by atoms with Crippen LogP contribution in [0.25, 0.3) is 0 Å². The lowest BCUT2D eigenvalue weighted by atomic mass is 10.0. The largest absolute Gasteiger partial charge is 0.497 e. The third-order valence-electron chi connectivity index (χ3n) is 2.15.